The van der Waals surface area contributed by atoms with E-state index >= 15 is 0 Å². The average molecular weight is 314 g/mol. The van der Waals surface area contributed by atoms with Crippen LogP contribution >= 0.6 is 0 Å². The Morgan fingerprint density at radius 3 is 2.78 bits per heavy atom. The van der Waals surface area contributed by atoms with Gasteiger partial charge in [-0.15, -0.1) is 0 Å². The highest BCUT2D eigenvalue weighted by Crippen LogP contribution is 2.25. The molecule has 2 N–H and O–H groups in total. The maximum atomic E-state index is 12.9. The first kappa shape index (κ1) is 15.0. The molecule has 3 rings (SSSR count). The van der Waals surface area contributed by atoms with Gasteiger partial charge in [0.25, 0.3) is 5.91 Å². The fourth-order valence-corrected chi connectivity index (χ4v) is 2.29. The van der Waals surface area contributed by atoms with Crippen LogP contribution in [-0.4, -0.2) is 22.8 Å². The zero-order valence-electron chi connectivity index (χ0n) is 12.4. The topological polar surface area (TPSA) is 70.9 Å². The predicted molar refractivity (Wildman–Crippen MR) is 83.9 cm³/mol. The molecule has 0 aliphatic carbocycles. The molecule has 6 heteroatoms. The van der Waals surface area contributed by atoms with Crippen molar-refractivity contribution in [2.24, 2.45) is 5.16 Å². The number of hydrogen-bond acceptors (Lipinski definition) is 4. The minimum Gasteiger partial charge on any atom is -0.506 e. The molecule has 1 atom stereocenters. The van der Waals surface area contributed by atoms with Gasteiger partial charge < -0.3 is 15.3 Å². The van der Waals surface area contributed by atoms with Crippen molar-refractivity contribution in [3.8, 4) is 5.75 Å². The third-order valence-corrected chi connectivity index (χ3v) is 3.55. The summed E-state index contributed by atoms with van der Waals surface area (Å²) in [5.74, 6) is -0.745. The van der Waals surface area contributed by atoms with Crippen LogP contribution in [0, 0.1) is 12.7 Å². The number of benzene rings is 2. The number of anilines is 1. The Kier molecular flexibility index (Phi) is 3.97. The minimum atomic E-state index is -0.782. The lowest BCUT2D eigenvalue weighted by Crippen LogP contribution is -2.28. The number of carbonyl (C=O) groups is 1. The van der Waals surface area contributed by atoms with Crippen LogP contribution < -0.4 is 5.32 Å². The molecule has 0 spiro atoms. The van der Waals surface area contributed by atoms with Gasteiger partial charge in [-0.05, 0) is 42.3 Å². The van der Waals surface area contributed by atoms with Gasteiger partial charge in [-0.2, -0.15) is 0 Å². The van der Waals surface area contributed by atoms with Gasteiger partial charge in [0.05, 0.1) is 11.4 Å². The largest absolute Gasteiger partial charge is 0.506 e. The van der Waals surface area contributed by atoms with Crippen LogP contribution in [0.2, 0.25) is 0 Å². The molecular formula is C17H15FN2O3. The van der Waals surface area contributed by atoms with Crippen molar-refractivity contribution in [3.05, 3.63) is 59.4 Å². The van der Waals surface area contributed by atoms with Crippen LogP contribution in [-0.2, 0) is 9.63 Å². The van der Waals surface area contributed by atoms with E-state index in [2.05, 4.69) is 10.5 Å². The van der Waals surface area contributed by atoms with Crippen molar-refractivity contribution in [1.29, 1.82) is 0 Å². The van der Waals surface area contributed by atoms with Crippen molar-refractivity contribution < 1.29 is 19.1 Å². The van der Waals surface area contributed by atoms with E-state index in [-0.39, 0.29) is 18.0 Å². The number of halogens is 1. The summed E-state index contributed by atoms with van der Waals surface area (Å²) in [6, 6.07) is 10.8. The zero-order chi connectivity index (χ0) is 16.4. The van der Waals surface area contributed by atoms with Crippen LogP contribution in [0.1, 0.15) is 17.5 Å². The van der Waals surface area contributed by atoms with E-state index in [1.165, 1.54) is 18.2 Å². The van der Waals surface area contributed by atoms with Crippen LogP contribution in [0.25, 0.3) is 0 Å². The first-order valence-corrected chi connectivity index (χ1v) is 7.12. The lowest BCUT2D eigenvalue weighted by molar-refractivity contribution is -0.125. The first-order chi connectivity index (χ1) is 11.0. The fourth-order valence-electron chi connectivity index (χ4n) is 2.29. The molecule has 2 aromatic rings. The van der Waals surface area contributed by atoms with E-state index in [0.717, 1.165) is 5.56 Å². The number of carbonyl (C=O) groups excluding carboxylic acids is 1. The Hall–Kier alpha value is -2.89. The molecule has 0 radical (unpaired) electrons. The second-order valence-corrected chi connectivity index (χ2v) is 5.35. The molecule has 1 amide bonds. The molecule has 23 heavy (non-hydrogen) atoms. The first-order valence-electron chi connectivity index (χ1n) is 7.12. The molecule has 1 aliphatic rings. The van der Waals surface area contributed by atoms with Crippen molar-refractivity contribution in [1.82, 2.24) is 0 Å². The van der Waals surface area contributed by atoms with Crippen molar-refractivity contribution in [2.75, 3.05) is 5.32 Å². The van der Waals surface area contributed by atoms with Crippen molar-refractivity contribution >= 4 is 17.3 Å². The van der Waals surface area contributed by atoms with Crippen LogP contribution in [0.15, 0.2) is 47.6 Å². The molecule has 0 fully saturated rings. The summed E-state index contributed by atoms with van der Waals surface area (Å²) in [4.78, 5) is 17.4. The van der Waals surface area contributed by atoms with E-state index in [9.17, 15) is 14.3 Å². The SMILES string of the molecule is Cc1ccc(O)c(NC(=O)[C@H]2CC(c3ccc(F)cc3)=NO2)c1. The lowest BCUT2D eigenvalue weighted by atomic mass is 10.0. The van der Waals surface area contributed by atoms with E-state index in [0.29, 0.717) is 17.0 Å². The number of hydrogen-bond donors (Lipinski definition) is 2. The summed E-state index contributed by atoms with van der Waals surface area (Å²) in [6.45, 7) is 1.86. The Balaban J connectivity index is 1.66. The Bertz CT molecular complexity index is 772. The van der Waals surface area contributed by atoms with Gasteiger partial charge in [0.15, 0.2) is 0 Å². The zero-order valence-corrected chi connectivity index (χ0v) is 12.4. The molecule has 1 heterocycles. The highest BCUT2D eigenvalue weighted by molar-refractivity contribution is 6.06. The van der Waals surface area contributed by atoms with Crippen LogP contribution in [0.3, 0.4) is 0 Å². The fraction of sp³-hybridized carbons (Fsp3) is 0.176. The monoisotopic (exact) mass is 314 g/mol. The van der Waals surface area contributed by atoms with Crippen molar-refractivity contribution in [3.63, 3.8) is 0 Å². The quantitative estimate of drug-likeness (QED) is 0.856. The number of aryl methyl sites for hydroxylation is 1. The van der Waals surface area contributed by atoms with E-state index in [1.54, 1.807) is 24.3 Å². The molecule has 5 nitrogen and oxygen atoms in total. The highest BCUT2D eigenvalue weighted by Gasteiger charge is 2.29. The molecule has 0 aromatic heterocycles. The third kappa shape index (κ3) is 3.31. The summed E-state index contributed by atoms with van der Waals surface area (Å²) in [5, 5.41) is 16.3. The maximum absolute atomic E-state index is 12.9. The number of nitrogens with zero attached hydrogens (tertiary/aromatic N) is 1. The Morgan fingerprint density at radius 1 is 1.30 bits per heavy atom. The standard InChI is InChI=1S/C17H15FN2O3/c1-10-2-7-15(21)14(8-10)19-17(22)16-9-13(20-23-16)11-3-5-12(18)6-4-11/h2-8,16,21H,9H2,1H3,(H,19,22)/t16-/m1/s1. The van der Waals surface area contributed by atoms with Gasteiger partial charge in [0.1, 0.15) is 11.6 Å². The number of rotatable bonds is 3. The summed E-state index contributed by atoms with van der Waals surface area (Å²) >= 11 is 0. The van der Waals surface area contributed by atoms with E-state index in [1.807, 2.05) is 6.92 Å². The van der Waals surface area contributed by atoms with Gasteiger partial charge in [-0.25, -0.2) is 4.39 Å². The summed E-state index contributed by atoms with van der Waals surface area (Å²) < 4.78 is 12.9. The Morgan fingerprint density at radius 2 is 2.04 bits per heavy atom. The van der Waals surface area contributed by atoms with Crippen molar-refractivity contribution in [2.45, 2.75) is 19.4 Å². The molecular weight excluding hydrogens is 299 g/mol. The molecule has 0 saturated carbocycles. The van der Waals surface area contributed by atoms with Crippen LogP contribution in [0.5, 0.6) is 5.75 Å². The number of nitrogens with one attached hydrogen (secondary N) is 1. The van der Waals surface area contributed by atoms with Crippen LogP contribution in [0.4, 0.5) is 10.1 Å². The van der Waals surface area contributed by atoms with Gasteiger partial charge in [-0.3, -0.25) is 4.79 Å². The number of phenols is 1. The highest BCUT2D eigenvalue weighted by atomic mass is 19.1. The number of oxime groups is 1. The number of phenolic OH excluding ortho intramolecular Hbond substituents is 1. The lowest BCUT2D eigenvalue weighted by Gasteiger charge is -2.11. The second kappa shape index (κ2) is 6.08. The van der Waals surface area contributed by atoms with Gasteiger partial charge in [0.2, 0.25) is 6.10 Å². The predicted octanol–water partition coefficient (Wildman–Crippen LogP) is 2.97. The second-order valence-electron chi connectivity index (χ2n) is 5.35. The van der Waals surface area contributed by atoms with E-state index < -0.39 is 12.0 Å². The summed E-state index contributed by atoms with van der Waals surface area (Å²) in [6.07, 6.45) is -0.501. The molecule has 118 valence electrons. The number of aromatic hydroxyl groups is 1. The maximum Gasteiger partial charge on any atom is 0.268 e. The smallest absolute Gasteiger partial charge is 0.268 e. The van der Waals surface area contributed by atoms with Gasteiger partial charge in [0, 0.05) is 6.42 Å². The third-order valence-electron chi connectivity index (χ3n) is 3.55. The molecule has 0 bridgehead atoms. The average Bonchev–Trinajstić information content (AvgIpc) is 3.02. The molecule has 0 unspecified atom stereocenters. The molecule has 2 aromatic carbocycles. The summed E-state index contributed by atoms with van der Waals surface area (Å²) in [5.41, 5.74) is 2.53. The minimum absolute atomic E-state index is 0.0124. The normalized spacial score (nSPS) is 16.6. The summed E-state index contributed by atoms with van der Waals surface area (Å²) in [7, 11) is 0. The van der Waals surface area contributed by atoms with Gasteiger partial charge in [-0.1, -0.05) is 23.4 Å². The van der Waals surface area contributed by atoms with E-state index in [4.69, 9.17) is 4.84 Å². The number of amides is 1. The molecule has 0 saturated heterocycles. The molecule has 1 aliphatic heterocycles. The Labute approximate surface area is 132 Å². The van der Waals surface area contributed by atoms with Gasteiger partial charge >= 0.3 is 0 Å².